The lowest BCUT2D eigenvalue weighted by Gasteiger charge is -2.12. The molecule has 1 heterocycles. The van der Waals surface area contributed by atoms with Crippen molar-refractivity contribution in [2.75, 3.05) is 7.11 Å². The molecule has 0 aliphatic carbocycles. The SMILES string of the molecule is C=CCc1c(OC(=O)Oc2ccccc2)n(Cc2ccccc2)c2ccc(OC)cc12. The molecule has 156 valence electrons. The Morgan fingerprint density at radius 2 is 1.65 bits per heavy atom. The van der Waals surface area contributed by atoms with Crippen LogP contribution in [0.3, 0.4) is 0 Å². The van der Waals surface area contributed by atoms with Gasteiger partial charge < -0.3 is 18.8 Å². The predicted octanol–water partition coefficient (Wildman–Crippen LogP) is 6.00. The average molecular weight is 413 g/mol. The maximum Gasteiger partial charge on any atom is 0.520 e. The highest BCUT2D eigenvalue weighted by atomic mass is 16.7. The second-order valence-corrected chi connectivity index (χ2v) is 7.00. The number of aromatic nitrogens is 1. The van der Waals surface area contributed by atoms with Crippen LogP contribution in [0.1, 0.15) is 11.1 Å². The largest absolute Gasteiger partial charge is 0.520 e. The maximum atomic E-state index is 12.6. The van der Waals surface area contributed by atoms with E-state index in [1.165, 1.54) is 0 Å². The van der Waals surface area contributed by atoms with E-state index in [2.05, 4.69) is 6.58 Å². The number of allylic oxidation sites excluding steroid dienone is 1. The summed E-state index contributed by atoms with van der Waals surface area (Å²) in [5, 5.41) is 0.942. The van der Waals surface area contributed by atoms with E-state index in [1.54, 1.807) is 37.5 Å². The first kappa shape index (κ1) is 20.3. The van der Waals surface area contributed by atoms with Gasteiger partial charge in [-0.2, -0.15) is 0 Å². The van der Waals surface area contributed by atoms with Crippen LogP contribution in [0.5, 0.6) is 17.4 Å². The summed E-state index contributed by atoms with van der Waals surface area (Å²) in [4.78, 5) is 12.6. The van der Waals surface area contributed by atoms with E-state index < -0.39 is 6.16 Å². The molecule has 3 aromatic carbocycles. The lowest BCUT2D eigenvalue weighted by Crippen LogP contribution is -2.17. The number of para-hydroxylation sites is 1. The third-order valence-corrected chi connectivity index (χ3v) is 4.98. The first-order valence-corrected chi connectivity index (χ1v) is 9.98. The summed E-state index contributed by atoms with van der Waals surface area (Å²) in [6, 6.07) is 24.7. The molecule has 0 bridgehead atoms. The summed E-state index contributed by atoms with van der Waals surface area (Å²) in [5.41, 5.74) is 2.87. The van der Waals surface area contributed by atoms with E-state index in [1.807, 2.05) is 59.2 Å². The molecule has 0 fully saturated rings. The number of rotatable bonds is 7. The topological polar surface area (TPSA) is 49.7 Å². The van der Waals surface area contributed by atoms with Crippen LogP contribution < -0.4 is 14.2 Å². The molecule has 0 atom stereocenters. The van der Waals surface area contributed by atoms with Gasteiger partial charge in [-0.25, -0.2) is 4.79 Å². The van der Waals surface area contributed by atoms with Crippen molar-refractivity contribution in [3.63, 3.8) is 0 Å². The Morgan fingerprint density at radius 1 is 0.935 bits per heavy atom. The van der Waals surface area contributed by atoms with E-state index >= 15 is 0 Å². The molecule has 1 aromatic heterocycles. The standard InChI is InChI=1S/C26H23NO4/c1-3-10-22-23-17-21(29-2)15-16-24(23)27(18-19-11-6-4-7-12-19)25(22)31-26(28)30-20-13-8-5-9-14-20/h3-9,11-17H,1,10,18H2,2H3. The third kappa shape index (κ3) is 4.46. The normalized spacial score (nSPS) is 10.6. The van der Waals surface area contributed by atoms with Gasteiger partial charge in [0.15, 0.2) is 0 Å². The Morgan fingerprint density at radius 3 is 2.32 bits per heavy atom. The molecule has 0 spiro atoms. The minimum atomic E-state index is -0.791. The van der Waals surface area contributed by atoms with E-state index in [0.717, 1.165) is 27.8 Å². The van der Waals surface area contributed by atoms with Gasteiger partial charge in [-0.3, -0.25) is 0 Å². The number of methoxy groups -OCH3 is 1. The smallest absolute Gasteiger partial charge is 0.497 e. The molecule has 0 unspecified atom stereocenters. The molecule has 4 aromatic rings. The van der Waals surface area contributed by atoms with Crippen LogP contribution in [0.2, 0.25) is 0 Å². The van der Waals surface area contributed by atoms with Crippen molar-refractivity contribution in [2.24, 2.45) is 0 Å². The average Bonchev–Trinajstić information content (AvgIpc) is 3.07. The zero-order chi connectivity index (χ0) is 21.6. The van der Waals surface area contributed by atoms with Crippen LogP contribution in [0.15, 0.2) is 91.5 Å². The molecule has 0 N–H and O–H groups in total. The number of benzene rings is 3. The van der Waals surface area contributed by atoms with Gasteiger partial charge in [-0.05, 0) is 42.3 Å². The highest BCUT2D eigenvalue weighted by molar-refractivity contribution is 5.89. The quantitative estimate of drug-likeness (QED) is 0.212. The Hall–Kier alpha value is -3.99. The second kappa shape index (κ2) is 9.22. The fourth-order valence-electron chi connectivity index (χ4n) is 3.57. The van der Waals surface area contributed by atoms with Gasteiger partial charge in [-0.1, -0.05) is 54.6 Å². The van der Waals surface area contributed by atoms with Crippen molar-refractivity contribution in [3.8, 4) is 17.4 Å². The molecule has 5 nitrogen and oxygen atoms in total. The fourth-order valence-corrected chi connectivity index (χ4v) is 3.57. The molecule has 5 heteroatoms. The summed E-state index contributed by atoms with van der Waals surface area (Å²) < 4.78 is 18.5. The number of fused-ring (bicyclic) bond motifs is 1. The van der Waals surface area contributed by atoms with E-state index in [4.69, 9.17) is 14.2 Å². The first-order valence-electron chi connectivity index (χ1n) is 9.98. The molecular weight excluding hydrogens is 390 g/mol. The number of carbonyl (C=O) groups excluding carboxylic acids is 1. The number of carbonyl (C=O) groups is 1. The molecule has 0 aliphatic rings. The van der Waals surface area contributed by atoms with Crippen molar-refractivity contribution in [1.82, 2.24) is 4.57 Å². The predicted molar refractivity (Wildman–Crippen MR) is 121 cm³/mol. The van der Waals surface area contributed by atoms with Crippen molar-refractivity contribution in [3.05, 3.63) is 103 Å². The molecule has 0 amide bonds. The van der Waals surface area contributed by atoms with E-state index in [9.17, 15) is 4.79 Å². The van der Waals surface area contributed by atoms with Crippen molar-refractivity contribution in [1.29, 1.82) is 0 Å². The summed E-state index contributed by atoms with van der Waals surface area (Å²) in [6.07, 6.45) is 1.52. The summed E-state index contributed by atoms with van der Waals surface area (Å²) in [7, 11) is 1.63. The molecule has 0 aliphatic heterocycles. The van der Waals surface area contributed by atoms with Crippen LogP contribution in [0, 0.1) is 0 Å². The highest BCUT2D eigenvalue weighted by Gasteiger charge is 2.22. The van der Waals surface area contributed by atoms with Crippen LogP contribution in [-0.2, 0) is 13.0 Å². The van der Waals surface area contributed by atoms with Crippen molar-refractivity contribution < 1.29 is 19.0 Å². The molecule has 4 rings (SSSR count). The zero-order valence-electron chi connectivity index (χ0n) is 17.3. The van der Waals surface area contributed by atoms with Gasteiger partial charge >= 0.3 is 6.16 Å². The summed E-state index contributed by atoms with van der Waals surface area (Å²) in [5.74, 6) is 1.59. The Labute approximate surface area is 181 Å². The third-order valence-electron chi connectivity index (χ3n) is 4.98. The van der Waals surface area contributed by atoms with Crippen LogP contribution in [-0.4, -0.2) is 17.8 Å². The minimum Gasteiger partial charge on any atom is -0.497 e. The summed E-state index contributed by atoms with van der Waals surface area (Å²) >= 11 is 0. The number of ether oxygens (including phenoxy) is 3. The lowest BCUT2D eigenvalue weighted by atomic mass is 10.1. The second-order valence-electron chi connectivity index (χ2n) is 7.00. The van der Waals surface area contributed by atoms with E-state index in [-0.39, 0.29) is 0 Å². The highest BCUT2D eigenvalue weighted by Crippen LogP contribution is 2.36. The monoisotopic (exact) mass is 413 g/mol. The molecule has 0 saturated carbocycles. The fraction of sp³-hybridized carbons (Fsp3) is 0.115. The Kier molecular flexibility index (Phi) is 6.03. The number of hydrogen-bond donors (Lipinski definition) is 0. The van der Waals surface area contributed by atoms with Crippen LogP contribution in [0.4, 0.5) is 4.79 Å². The molecular formula is C26H23NO4. The van der Waals surface area contributed by atoms with Crippen LogP contribution >= 0.6 is 0 Å². The van der Waals surface area contributed by atoms with Gasteiger partial charge in [0.1, 0.15) is 11.5 Å². The first-order chi connectivity index (χ1) is 15.2. The van der Waals surface area contributed by atoms with Gasteiger partial charge in [0, 0.05) is 10.9 Å². The maximum absolute atomic E-state index is 12.6. The van der Waals surface area contributed by atoms with Gasteiger partial charge in [0.2, 0.25) is 5.88 Å². The molecule has 31 heavy (non-hydrogen) atoms. The lowest BCUT2D eigenvalue weighted by molar-refractivity contribution is 0.148. The minimum absolute atomic E-state index is 0.421. The number of hydrogen-bond acceptors (Lipinski definition) is 4. The van der Waals surface area contributed by atoms with Crippen molar-refractivity contribution >= 4 is 17.1 Å². The molecule has 0 radical (unpaired) electrons. The Balaban J connectivity index is 1.79. The summed E-state index contributed by atoms with van der Waals surface area (Å²) in [6.45, 7) is 4.41. The van der Waals surface area contributed by atoms with Gasteiger partial charge in [0.05, 0.1) is 19.2 Å². The van der Waals surface area contributed by atoms with Gasteiger partial charge in [0.25, 0.3) is 0 Å². The number of nitrogens with zero attached hydrogens (tertiary/aromatic N) is 1. The van der Waals surface area contributed by atoms with Crippen molar-refractivity contribution in [2.45, 2.75) is 13.0 Å². The van der Waals surface area contributed by atoms with Gasteiger partial charge in [-0.15, -0.1) is 6.58 Å². The Bertz CT molecular complexity index is 1200. The molecule has 0 saturated heterocycles. The van der Waals surface area contributed by atoms with E-state index in [0.29, 0.717) is 24.6 Å². The van der Waals surface area contributed by atoms with Crippen LogP contribution in [0.25, 0.3) is 10.9 Å². The zero-order valence-corrected chi connectivity index (χ0v) is 17.3.